The van der Waals surface area contributed by atoms with E-state index in [0.717, 1.165) is 36.6 Å². The van der Waals surface area contributed by atoms with E-state index in [2.05, 4.69) is 13.5 Å². The van der Waals surface area contributed by atoms with E-state index in [9.17, 15) is 14.0 Å². The molecule has 0 aliphatic heterocycles. The van der Waals surface area contributed by atoms with E-state index >= 15 is 0 Å². The molecule has 3 aromatic rings. The van der Waals surface area contributed by atoms with Gasteiger partial charge in [-0.05, 0) is 42.9 Å². The fourth-order valence-electron chi connectivity index (χ4n) is 4.22. The van der Waals surface area contributed by atoms with Crippen molar-refractivity contribution in [2.45, 2.75) is 44.3 Å². The van der Waals surface area contributed by atoms with Gasteiger partial charge in [0.05, 0.1) is 29.3 Å². The van der Waals surface area contributed by atoms with Gasteiger partial charge >= 0.3 is 0 Å². The van der Waals surface area contributed by atoms with Crippen LogP contribution in [-0.2, 0) is 24.2 Å². The molecule has 0 spiro atoms. The van der Waals surface area contributed by atoms with E-state index in [0.29, 0.717) is 21.3 Å². The van der Waals surface area contributed by atoms with Gasteiger partial charge in [-0.15, -0.1) is 17.9 Å². The molecule has 1 unspecified atom stereocenters. The summed E-state index contributed by atoms with van der Waals surface area (Å²) in [5.74, 6) is -0.346. The SMILES string of the molecule is C=CCn1c(SCC(=O)N(CCC#N)c2ccccc2F)nc2sc3c(c2c1=O)CCC(C)C3. The number of aryl methyl sites for hydroxylation is 1. The molecule has 0 saturated carbocycles. The number of thioether (sulfide) groups is 1. The van der Waals surface area contributed by atoms with Crippen molar-refractivity contribution in [1.29, 1.82) is 5.26 Å². The topological polar surface area (TPSA) is 79.0 Å². The molecule has 4 rings (SSSR count). The molecule has 2 aromatic heterocycles. The number of halogens is 1. The van der Waals surface area contributed by atoms with Crippen molar-refractivity contribution in [3.63, 3.8) is 0 Å². The molecule has 1 amide bonds. The fraction of sp³-hybridized carbons (Fsp3) is 0.360. The maximum absolute atomic E-state index is 14.4. The lowest BCUT2D eigenvalue weighted by Gasteiger charge is -2.22. The lowest BCUT2D eigenvalue weighted by atomic mass is 9.89. The first-order chi connectivity index (χ1) is 16.4. The number of rotatable bonds is 8. The molecule has 0 bridgehead atoms. The molecule has 2 heterocycles. The predicted molar refractivity (Wildman–Crippen MR) is 135 cm³/mol. The van der Waals surface area contributed by atoms with Gasteiger partial charge in [-0.1, -0.05) is 36.9 Å². The molecular formula is C25H25FN4O2S2. The molecule has 0 radical (unpaired) electrons. The largest absolute Gasteiger partial charge is 0.308 e. The summed E-state index contributed by atoms with van der Waals surface area (Å²) in [4.78, 5) is 34.5. The second-order valence-corrected chi connectivity index (χ2v) is 10.4. The van der Waals surface area contributed by atoms with Crippen LogP contribution in [0.15, 0.2) is 46.9 Å². The maximum atomic E-state index is 14.4. The van der Waals surface area contributed by atoms with Gasteiger partial charge in [0.1, 0.15) is 10.6 Å². The van der Waals surface area contributed by atoms with Crippen LogP contribution in [0.5, 0.6) is 0 Å². The number of para-hydroxylation sites is 1. The number of amides is 1. The molecule has 9 heteroatoms. The van der Waals surface area contributed by atoms with Crippen LogP contribution < -0.4 is 10.5 Å². The monoisotopic (exact) mass is 496 g/mol. The number of carbonyl (C=O) groups excluding carboxylic acids is 1. The van der Waals surface area contributed by atoms with Gasteiger partial charge < -0.3 is 4.90 Å². The third-order valence-electron chi connectivity index (χ3n) is 5.91. The van der Waals surface area contributed by atoms with E-state index in [1.165, 1.54) is 21.9 Å². The number of aromatic nitrogens is 2. The van der Waals surface area contributed by atoms with Crippen molar-refractivity contribution in [2.75, 3.05) is 17.2 Å². The number of thiophene rings is 1. The van der Waals surface area contributed by atoms with Gasteiger partial charge in [-0.2, -0.15) is 5.26 Å². The number of nitrogens with zero attached hydrogens (tertiary/aromatic N) is 4. The Morgan fingerprint density at radius 2 is 2.26 bits per heavy atom. The number of hydrogen-bond donors (Lipinski definition) is 0. The first-order valence-electron chi connectivity index (χ1n) is 11.1. The van der Waals surface area contributed by atoms with Crippen LogP contribution in [0.4, 0.5) is 10.1 Å². The Hall–Kier alpha value is -2.96. The molecule has 176 valence electrons. The molecule has 0 fully saturated rings. The molecule has 0 saturated heterocycles. The Morgan fingerprint density at radius 3 is 3.00 bits per heavy atom. The van der Waals surface area contributed by atoms with Crippen molar-refractivity contribution in [1.82, 2.24) is 9.55 Å². The molecular weight excluding hydrogens is 471 g/mol. The quantitative estimate of drug-likeness (QED) is 0.251. The van der Waals surface area contributed by atoms with Crippen LogP contribution in [0.25, 0.3) is 10.2 Å². The fourth-order valence-corrected chi connectivity index (χ4v) is 6.53. The number of nitriles is 1. The summed E-state index contributed by atoms with van der Waals surface area (Å²) in [5, 5.41) is 10.1. The third-order valence-corrected chi connectivity index (χ3v) is 8.02. The first kappa shape index (κ1) is 24.2. The van der Waals surface area contributed by atoms with Gasteiger partial charge in [-0.3, -0.25) is 14.2 Å². The van der Waals surface area contributed by atoms with Crippen molar-refractivity contribution in [2.24, 2.45) is 5.92 Å². The second kappa shape index (κ2) is 10.5. The Balaban J connectivity index is 1.65. The van der Waals surface area contributed by atoms with Crippen LogP contribution in [0.3, 0.4) is 0 Å². The number of benzene rings is 1. The number of allylic oxidation sites excluding steroid dienone is 1. The number of fused-ring (bicyclic) bond motifs is 3. The van der Waals surface area contributed by atoms with Gasteiger partial charge in [0.25, 0.3) is 5.56 Å². The van der Waals surface area contributed by atoms with E-state index in [1.807, 2.05) is 6.07 Å². The van der Waals surface area contributed by atoms with Crippen LogP contribution in [0.2, 0.25) is 0 Å². The highest BCUT2D eigenvalue weighted by atomic mass is 32.2. The van der Waals surface area contributed by atoms with E-state index in [1.54, 1.807) is 34.1 Å². The first-order valence-corrected chi connectivity index (χ1v) is 12.9. The lowest BCUT2D eigenvalue weighted by Crippen LogP contribution is -2.34. The Labute approximate surface area is 205 Å². The van der Waals surface area contributed by atoms with Gasteiger partial charge in [-0.25, -0.2) is 9.37 Å². The average Bonchev–Trinajstić information content (AvgIpc) is 3.18. The van der Waals surface area contributed by atoms with Crippen LogP contribution in [0, 0.1) is 23.1 Å². The zero-order chi connectivity index (χ0) is 24.2. The van der Waals surface area contributed by atoms with E-state index in [4.69, 9.17) is 10.2 Å². The summed E-state index contributed by atoms with van der Waals surface area (Å²) >= 11 is 2.71. The van der Waals surface area contributed by atoms with Crippen LogP contribution in [0.1, 0.15) is 30.2 Å². The molecule has 1 aliphatic rings. The lowest BCUT2D eigenvalue weighted by molar-refractivity contribution is -0.116. The Bertz CT molecular complexity index is 1340. The van der Waals surface area contributed by atoms with E-state index in [-0.39, 0.29) is 42.4 Å². The minimum Gasteiger partial charge on any atom is -0.308 e. The number of hydrogen-bond acceptors (Lipinski definition) is 6. The van der Waals surface area contributed by atoms with Crippen molar-refractivity contribution >= 4 is 44.9 Å². The van der Waals surface area contributed by atoms with Crippen molar-refractivity contribution < 1.29 is 9.18 Å². The molecule has 1 aromatic carbocycles. The Kier molecular flexibility index (Phi) is 7.49. The van der Waals surface area contributed by atoms with Crippen LogP contribution in [-0.4, -0.2) is 27.8 Å². The molecule has 1 aliphatic carbocycles. The highest BCUT2D eigenvalue weighted by Crippen LogP contribution is 2.36. The van der Waals surface area contributed by atoms with Gasteiger partial charge in [0.15, 0.2) is 5.16 Å². The summed E-state index contributed by atoms with van der Waals surface area (Å²) in [6.07, 6.45) is 4.60. The average molecular weight is 497 g/mol. The summed E-state index contributed by atoms with van der Waals surface area (Å²) in [7, 11) is 0. The predicted octanol–water partition coefficient (Wildman–Crippen LogP) is 4.95. The number of anilines is 1. The minimum atomic E-state index is -0.528. The molecule has 6 nitrogen and oxygen atoms in total. The summed E-state index contributed by atoms with van der Waals surface area (Å²) in [5.41, 5.74) is 1.14. The normalized spacial score (nSPS) is 15.0. The molecule has 34 heavy (non-hydrogen) atoms. The zero-order valence-corrected chi connectivity index (χ0v) is 20.6. The smallest absolute Gasteiger partial charge is 0.263 e. The highest BCUT2D eigenvalue weighted by molar-refractivity contribution is 7.99. The van der Waals surface area contributed by atoms with E-state index < -0.39 is 5.82 Å². The number of carbonyl (C=O) groups is 1. The molecule has 0 N–H and O–H groups in total. The Morgan fingerprint density at radius 1 is 1.47 bits per heavy atom. The van der Waals surface area contributed by atoms with Gasteiger partial charge in [0, 0.05) is 18.0 Å². The molecule has 1 atom stereocenters. The standard InChI is InChI=1S/C25H25FN4O2S2/c1-3-12-30-24(32)22-17-10-9-16(2)14-20(17)34-23(22)28-25(30)33-15-21(31)29(13-6-11-27)19-8-5-4-7-18(19)26/h3-5,7-8,16H,1,6,9-10,12-15H2,2H3. The zero-order valence-electron chi connectivity index (χ0n) is 18.9. The maximum Gasteiger partial charge on any atom is 0.263 e. The third kappa shape index (κ3) is 4.79. The van der Waals surface area contributed by atoms with Crippen LogP contribution >= 0.6 is 23.1 Å². The second-order valence-electron chi connectivity index (χ2n) is 8.32. The van der Waals surface area contributed by atoms with Crippen molar-refractivity contribution in [3.8, 4) is 6.07 Å². The highest BCUT2D eigenvalue weighted by Gasteiger charge is 2.25. The minimum absolute atomic E-state index is 0.0447. The van der Waals surface area contributed by atoms with Gasteiger partial charge in [0.2, 0.25) is 5.91 Å². The summed E-state index contributed by atoms with van der Waals surface area (Å²) in [6.45, 7) is 6.35. The van der Waals surface area contributed by atoms with Crippen molar-refractivity contribution in [3.05, 3.63) is 63.5 Å². The summed E-state index contributed by atoms with van der Waals surface area (Å²) in [6, 6.07) is 8.01. The summed E-state index contributed by atoms with van der Waals surface area (Å²) < 4.78 is 15.9.